The van der Waals surface area contributed by atoms with Crippen molar-refractivity contribution < 1.29 is 14.3 Å². The van der Waals surface area contributed by atoms with E-state index in [2.05, 4.69) is 5.32 Å². The number of rotatable bonds is 3. The molecule has 0 saturated carbocycles. The first-order valence-electron chi connectivity index (χ1n) is 8.09. The molecule has 0 aromatic heterocycles. The van der Waals surface area contributed by atoms with Gasteiger partial charge in [0, 0.05) is 5.02 Å². The van der Waals surface area contributed by atoms with Crippen molar-refractivity contribution in [2.75, 3.05) is 13.2 Å². The molecule has 2 aromatic rings. The number of carbonyl (C=O) groups is 1. The number of halogens is 1. The van der Waals surface area contributed by atoms with Gasteiger partial charge in [-0.2, -0.15) is 0 Å². The van der Waals surface area contributed by atoms with Gasteiger partial charge in [-0.1, -0.05) is 35.9 Å². The van der Waals surface area contributed by atoms with Crippen LogP contribution in [-0.4, -0.2) is 29.1 Å². The number of carbonyl (C=O) groups excluding carboxylic acids is 1. The Morgan fingerprint density at radius 2 is 1.92 bits per heavy atom. The fourth-order valence-electron chi connectivity index (χ4n) is 2.83. The third-order valence-electron chi connectivity index (χ3n) is 4.13. The lowest BCUT2D eigenvalue weighted by Gasteiger charge is -2.18. The zero-order valence-electron chi connectivity index (χ0n) is 13.7. The molecule has 132 valence electrons. The third kappa shape index (κ3) is 3.25. The van der Waals surface area contributed by atoms with Crippen molar-refractivity contribution in [1.82, 2.24) is 10.2 Å². The lowest BCUT2D eigenvalue weighted by molar-refractivity contribution is -0.122. The minimum absolute atomic E-state index is 0.190. The first kappa shape index (κ1) is 16.9. The van der Waals surface area contributed by atoms with Crippen molar-refractivity contribution in [3.63, 3.8) is 0 Å². The highest BCUT2D eigenvalue weighted by Gasteiger charge is 2.31. The van der Waals surface area contributed by atoms with Crippen LogP contribution in [0.25, 0.3) is 6.08 Å². The highest BCUT2D eigenvalue weighted by Crippen LogP contribution is 2.31. The molecule has 0 atom stereocenters. The van der Waals surface area contributed by atoms with Gasteiger partial charge in [-0.25, -0.2) is 0 Å². The fraction of sp³-hybridized carbons (Fsp3) is 0.158. The van der Waals surface area contributed by atoms with E-state index in [1.165, 1.54) is 4.90 Å². The minimum Gasteiger partial charge on any atom is -0.486 e. The molecule has 26 heavy (non-hydrogen) atoms. The smallest absolute Gasteiger partial charge is 0.276 e. The Hall–Kier alpha value is -2.57. The Morgan fingerprint density at radius 1 is 1.15 bits per heavy atom. The van der Waals surface area contributed by atoms with E-state index in [9.17, 15) is 4.79 Å². The van der Waals surface area contributed by atoms with Gasteiger partial charge in [0.15, 0.2) is 16.6 Å². The molecule has 1 N–H and O–H groups in total. The van der Waals surface area contributed by atoms with E-state index < -0.39 is 0 Å². The second-order valence-corrected chi connectivity index (χ2v) is 6.67. The summed E-state index contributed by atoms with van der Waals surface area (Å²) in [5.74, 6) is 1.19. The van der Waals surface area contributed by atoms with Crippen LogP contribution in [-0.2, 0) is 11.3 Å². The highest BCUT2D eigenvalue weighted by atomic mass is 35.5. The molecule has 0 bridgehead atoms. The van der Waals surface area contributed by atoms with Gasteiger partial charge in [-0.3, -0.25) is 9.69 Å². The van der Waals surface area contributed by atoms with Crippen molar-refractivity contribution in [3.8, 4) is 11.5 Å². The summed E-state index contributed by atoms with van der Waals surface area (Å²) in [6.07, 6.45) is 1.75. The number of benzene rings is 2. The Bertz CT molecular complexity index is 929. The van der Waals surface area contributed by atoms with Gasteiger partial charge < -0.3 is 14.8 Å². The maximum absolute atomic E-state index is 12.7. The summed E-state index contributed by atoms with van der Waals surface area (Å²) in [5, 5.41) is 3.94. The third-order valence-corrected chi connectivity index (χ3v) is 4.82. The van der Waals surface area contributed by atoms with Gasteiger partial charge in [0.25, 0.3) is 5.91 Å². The Morgan fingerprint density at radius 3 is 2.73 bits per heavy atom. The standard InChI is InChI=1S/C19H15ClN2O3S/c20-14-4-2-1-3-13(14)11-22-18(23)15(21-19(22)26)9-12-5-6-16-17(10-12)25-8-7-24-16/h1-6,9-10H,7-8,11H2,(H,21,26)/b15-9+. The molecule has 5 nitrogen and oxygen atoms in total. The lowest BCUT2D eigenvalue weighted by Crippen LogP contribution is -2.30. The van der Waals surface area contributed by atoms with Crippen LogP contribution in [0.15, 0.2) is 48.2 Å². The lowest BCUT2D eigenvalue weighted by atomic mass is 10.1. The monoisotopic (exact) mass is 386 g/mol. The van der Waals surface area contributed by atoms with Crippen LogP contribution < -0.4 is 14.8 Å². The number of ether oxygens (including phenoxy) is 2. The second-order valence-electron chi connectivity index (χ2n) is 5.87. The van der Waals surface area contributed by atoms with E-state index in [1.54, 1.807) is 12.1 Å². The fourth-order valence-corrected chi connectivity index (χ4v) is 3.28. The Labute approximate surface area is 161 Å². The maximum Gasteiger partial charge on any atom is 0.276 e. The molecular weight excluding hydrogens is 372 g/mol. The van der Waals surface area contributed by atoms with Gasteiger partial charge in [-0.15, -0.1) is 0 Å². The van der Waals surface area contributed by atoms with Crippen LogP contribution in [0, 0.1) is 0 Å². The van der Waals surface area contributed by atoms with E-state index in [1.807, 2.05) is 36.4 Å². The molecule has 0 aliphatic carbocycles. The van der Waals surface area contributed by atoms with Crippen LogP contribution in [0.3, 0.4) is 0 Å². The van der Waals surface area contributed by atoms with E-state index in [-0.39, 0.29) is 5.91 Å². The summed E-state index contributed by atoms with van der Waals surface area (Å²) >= 11 is 11.5. The van der Waals surface area contributed by atoms with Crippen LogP contribution in [0.4, 0.5) is 0 Å². The van der Waals surface area contributed by atoms with Gasteiger partial charge in [0.05, 0.1) is 6.54 Å². The number of hydrogen-bond donors (Lipinski definition) is 1. The van der Waals surface area contributed by atoms with Crippen LogP contribution in [0.2, 0.25) is 5.02 Å². The summed E-state index contributed by atoms with van der Waals surface area (Å²) < 4.78 is 11.1. The van der Waals surface area contributed by atoms with E-state index in [0.717, 1.165) is 11.1 Å². The minimum atomic E-state index is -0.190. The topological polar surface area (TPSA) is 50.8 Å². The Balaban J connectivity index is 1.57. The first-order valence-corrected chi connectivity index (χ1v) is 8.88. The molecule has 1 saturated heterocycles. The number of nitrogens with zero attached hydrogens (tertiary/aromatic N) is 1. The van der Waals surface area contributed by atoms with Crippen LogP contribution >= 0.6 is 23.8 Å². The van der Waals surface area contributed by atoms with Gasteiger partial charge in [0.2, 0.25) is 0 Å². The van der Waals surface area contributed by atoms with Crippen LogP contribution in [0.1, 0.15) is 11.1 Å². The van der Waals surface area contributed by atoms with Gasteiger partial charge in [-0.05, 0) is 47.6 Å². The van der Waals surface area contributed by atoms with Crippen molar-refractivity contribution in [2.24, 2.45) is 0 Å². The SMILES string of the molecule is O=C1/C(=C\c2ccc3c(c2)OCCO3)NC(=S)N1Cc1ccccc1Cl. The maximum atomic E-state index is 12.7. The number of amides is 1. The summed E-state index contributed by atoms with van der Waals surface area (Å²) in [7, 11) is 0. The molecule has 0 spiro atoms. The second kappa shape index (κ2) is 6.97. The zero-order valence-corrected chi connectivity index (χ0v) is 15.3. The summed E-state index contributed by atoms with van der Waals surface area (Å²) in [5.41, 5.74) is 2.08. The van der Waals surface area contributed by atoms with Gasteiger partial charge in [0.1, 0.15) is 18.9 Å². The summed E-state index contributed by atoms with van der Waals surface area (Å²) in [6.45, 7) is 1.38. The predicted octanol–water partition coefficient (Wildman–Crippen LogP) is 3.37. The number of nitrogens with one attached hydrogen (secondary N) is 1. The van der Waals surface area contributed by atoms with E-state index in [0.29, 0.717) is 47.1 Å². The molecule has 2 aliphatic heterocycles. The number of hydrogen-bond acceptors (Lipinski definition) is 4. The molecule has 1 amide bonds. The predicted molar refractivity (Wildman–Crippen MR) is 103 cm³/mol. The van der Waals surface area contributed by atoms with Crippen molar-refractivity contribution in [3.05, 3.63) is 64.3 Å². The molecule has 4 rings (SSSR count). The average Bonchev–Trinajstić information content (AvgIpc) is 2.91. The molecule has 2 heterocycles. The summed E-state index contributed by atoms with van der Waals surface area (Å²) in [4.78, 5) is 14.2. The molecule has 2 aromatic carbocycles. The highest BCUT2D eigenvalue weighted by molar-refractivity contribution is 7.80. The molecule has 0 unspecified atom stereocenters. The van der Waals surface area contributed by atoms with Gasteiger partial charge >= 0.3 is 0 Å². The largest absolute Gasteiger partial charge is 0.486 e. The molecular formula is C19H15ClN2O3S. The molecule has 1 fully saturated rings. The molecule has 2 aliphatic rings. The van der Waals surface area contributed by atoms with E-state index >= 15 is 0 Å². The normalized spacial score (nSPS) is 17.6. The quantitative estimate of drug-likeness (QED) is 0.647. The number of fused-ring (bicyclic) bond motifs is 1. The zero-order chi connectivity index (χ0) is 18.1. The van der Waals surface area contributed by atoms with Crippen molar-refractivity contribution in [2.45, 2.75) is 6.54 Å². The molecule has 7 heteroatoms. The number of thiocarbonyl (C=S) groups is 1. The van der Waals surface area contributed by atoms with Crippen molar-refractivity contribution >= 4 is 40.9 Å². The Kier molecular flexibility index (Phi) is 4.53. The van der Waals surface area contributed by atoms with Crippen molar-refractivity contribution in [1.29, 1.82) is 0 Å². The average molecular weight is 387 g/mol. The first-order chi connectivity index (χ1) is 12.6. The van der Waals surface area contributed by atoms with Crippen LogP contribution in [0.5, 0.6) is 11.5 Å². The van der Waals surface area contributed by atoms with E-state index in [4.69, 9.17) is 33.3 Å². The summed E-state index contributed by atoms with van der Waals surface area (Å²) in [6, 6.07) is 12.9. The molecule has 0 radical (unpaired) electrons.